The number of hydrogen-bond donors (Lipinski definition) is 0. The fourth-order valence-corrected chi connectivity index (χ4v) is 9.16. The highest BCUT2D eigenvalue weighted by atomic mass is 16.6. The number of hydrogen-bond acceptors (Lipinski definition) is 6. The largest absolute Gasteiger partial charge is 0.462 e. The first-order valence-electron chi connectivity index (χ1n) is 31.0. The lowest BCUT2D eigenvalue weighted by Crippen LogP contribution is -2.30. The van der Waals surface area contributed by atoms with Crippen LogP contribution in [0.5, 0.6) is 0 Å². The molecular weight excluding hydrogens is 865 g/mol. The van der Waals surface area contributed by atoms with Crippen LogP contribution in [0.15, 0.2) is 36.5 Å². The highest BCUT2D eigenvalue weighted by molar-refractivity contribution is 5.71. The molecule has 0 aromatic rings. The van der Waals surface area contributed by atoms with Crippen LogP contribution in [0, 0.1) is 0 Å². The number of rotatable bonds is 57. The Morgan fingerprint density at radius 2 is 0.529 bits per heavy atom. The summed E-state index contributed by atoms with van der Waals surface area (Å²) in [4.78, 5) is 37.8. The molecule has 1 atom stereocenters. The van der Waals surface area contributed by atoms with Gasteiger partial charge >= 0.3 is 17.9 Å². The van der Waals surface area contributed by atoms with Gasteiger partial charge in [-0.15, -0.1) is 0 Å². The van der Waals surface area contributed by atoms with Gasteiger partial charge in [0.15, 0.2) is 6.10 Å². The smallest absolute Gasteiger partial charge is 0.306 e. The first-order chi connectivity index (χ1) is 34.5. The van der Waals surface area contributed by atoms with E-state index < -0.39 is 6.10 Å². The van der Waals surface area contributed by atoms with Crippen LogP contribution in [-0.4, -0.2) is 37.2 Å². The van der Waals surface area contributed by atoms with Crippen LogP contribution in [0.4, 0.5) is 0 Å². The van der Waals surface area contributed by atoms with Crippen LogP contribution in [0.2, 0.25) is 0 Å². The lowest BCUT2D eigenvalue weighted by Gasteiger charge is -2.18. The highest BCUT2D eigenvalue weighted by Gasteiger charge is 2.19. The summed E-state index contributed by atoms with van der Waals surface area (Å²) < 4.78 is 16.7. The van der Waals surface area contributed by atoms with Crippen LogP contribution in [0.25, 0.3) is 0 Å². The molecule has 0 aromatic carbocycles. The van der Waals surface area contributed by atoms with E-state index in [1.807, 2.05) is 0 Å². The van der Waals surface area contributed by atoms with Gasteiger partial charge in [0.2, 0.25) is 0 Å². The number of carbonyl (C=O) groups is 3. The molecule has 70 heavy (non-hydrogen) atoms. The third-order valence-corrected chi connectivity index (χ3v) is 13.9. The van der Waals surface area contributed by atoms with Crippen molar-refractivity contribution >= 4 is 17.9 Å². The van der Waals surface area contributed by atoms with Crippen molar-refractivity contribution in [3.63, 3.8) is 0 Å². The minimum Gasteiger partial charge on any atom is -0.462 e. The lowest BCUT2D eigenvalue weighted by atomic mass is 10.0. The summed E-state index contributed by atoms with van der Waals surface area (Å²) >= 11 is 0. The van der Waals surface area contributed by atoms with Crippen LogP contribution >= 0.6 is 0 Å². The van der Waals surface area contributed by atoms with Crippen molar-refractivity contribution in [3.05, 3.63) is 36.5 Å². The number of allylic oxidation sites excluding steroid dienone is 6. The van der Waals surface area contributed by atoms with Crippen molar-refractivity contribution in [2.75, 3.05) is 13.2 Å². The van der Waals surface area contributed by atoms with Gasteiger partial charge in [-0.25, -0.2) is 0 Å². The van der Waals surface area contributed by atoms with Crippen molar-refractivity contribution in [2.45, 2.75) is 341 Å². The molecule has 0 radical (unpaired) electrons. The van der Waals surface area contributed by atoms with E-state index in [9.17, 15) is 14.4 Å². The first kappa shape index (κ1) is 67.6. The molecule has 6 heteroatoms. The first-order valence-corrected chi connectivity index (χ1v) is 31.0. The molecule has 0 saturated carbocycles. The summed E-state index contributed by atoms with van der Waals surface area (Å²) in [6.45, 7) is 6.54. The van der Waals surface area contributed by atoms with Gasteiger partial charge in [-0.1, -0.05) is 282 Å². The summed E-state index contributed by atoms with van der Waals surface area (Å²) in [5.41, 5.74) is 0. The van der Waals surface area contributed by atoms with E-state index in [4.69, 9.17) is 14.2 Å². The van der Waals surface area contributed by atoms with Crippen LogP contribution in [0.1, 0.15) is 335 Å². The number of carbonyl (C=O) groups excluding carboxylic acids is 3. The molecular formula is C64H118O6. The zero-order valence-corrected chi connectivity index (χ0v) is 47.1. The van der Waals surface area contributed by atoms with E-state index in [0.29, 0.717) is 19.3 Å². The lowest BCUT2D eigenvalue weighted by molar-refractivity contribution is -0.167. The molecule has 0 spiro atoms. The quantitative estimate of drug-likeness (QED) is 0.0261. The maximum Gasteiger partial charge on any atom is 0.306 e. The minimum absolute atomic E-state index is 0.0747. The molecule has 0 aromatic heterocycles. The van der Waals surface area contributed by atoms with Gasteiger partial charge in [-0.2, -0.15) is 0 Å². The Balaban J connectivity index is 3.87. The Bertz CT molecular complexity index is 1170. The zero-order chi connectivity index (χ0) is 50.7. The normalized spacial score (nSPS) is 12.2. The molecule has 0 N–H and O–H groups in total. The van der Waals surface area contributed by atoms with Gasteiger partial charge in [-0.05, 0) is 70.6 Å². The second kappa shape index (κ2) is 59.2. The second-order valence-corrected chi connectivity index (χ2v) is 21.0. The zero-order valence-electron chi connectivity index (χ0n) is 47.1. The molecule has 0 fully saturated rings. The molecule has 0 amide bonds. The fourth-order valence-electron chi connectivity index (χ4n) is 9.16. The van der Waals surface area contributed by atoms with Crippen molar-refractivity contribution in [3.8, 4) is 0 Å². The van der Waals surface area contributed by atoms with Gasteiger partial charge in [-0.3, -0.25) is 14.4 Å². The topological polar surface area (TPSA) is 78.9 Å². The average Bonchev–Trinajstić information content (AvgIpc) is 3.36. The fraction of sp³-hybridized carbons (Fsp3) is 0.859. The molecule has 0 saturated heterocycles. The number of ether oxygens (including phenoxy) is 3. The third kappa shape index (κ3) is 56.5. The third-order valence-electron chi connectivity index (χ3n) is 13.9. The van der Waals surface area contributed by atoms with E-state index in [-0.39, 0.29) is 31.1 Å². The predicted octanol–water partition coefficient (Wildman–Crippen LogP) is 20.8. The van der Waals surface area contributed by atoms with E-state index in [0.717, 1.165) is 89.9 Å². The van der Waals surface area contributed by atoms with Crippen molar-refractivity contribution in [1.82, 2.24) is 0 Å². The van der Waals surface area contributed by atoms with Crippen molar-refractivity contribution in [2.24, 2.45) is 0 Å². The van der Waals surface area contributed by atoms with Gasteiger partial charge in [0.25, 0.3) is 0 Å². The molecule has 1 unspecified atom stereocenters. The van der Waals surface area contributed by atoms with Crippen molar-refractivity contribution in [1.29, 1.82) is 0 Å². The molecule has 0 aliphatic carbocycles. The Morgan fingerprint density at radius 3 is 0.843 bits per heavy atom. The summed E-state index contributed by atoms with van der Waals surface area (Å²) in [5, 5.41) is 0. The molecule has 0 aliphatic heterocycles. The average molecular weight is 984 g/mol. The summed E-state index contributed by atoms with van der Waals surface area (Å²) in [6, 6.07) is 0. The van der Waals surface area contributed by atoms with E-state index >= 15 is 0 Å². The minimum atomic E-state index is -0.773. The van der Waals surface area contributed by atoms with Crippen molar-refractivity contribution < 1.29 is 28.6 Å². The Hall–Kier alpha value is -2.37. The van der Waals surface area contributed by atoms with Gasteiger partial charge in [0, 0.05) is 19.3 Å². The summed E-state index contributed by atoms with van der Waals surface area (Å²) in [7, 11) is 0. The predicted molar refractivity (Wildman–Crippen MR) is 302 cm³/mol. The molecule has 0 aliphatic rings. The number of esters is 3. The van der Waals surface area contributed by atoms with Gasteiger partial charge in [0.1, 0.15) is 13.2 Å². The standard InChI is InChI=1S/C64H118O6/c1-4-7-10-13-15-17-19-21-23-24-25-26-27-28-29-30-31-32-33-34-35-36-37-38-39-40-41-43-44-46-48-51-54-57-63(66)69-60-61(59-68-62(65)56-53-50-12-9-6-3)70-64(67)58-55-52-49-47-45-42-22-20-18-16-14-11-8-5-2/h14,16,20,22,24-25,61H,4-13,15,17-19,21,23,26-60H2,1-3H3/b16-14-,22-20-,25-24-. The second-order valence-electron chi connectivity index (χ2n) is 21.0. The maximum absolute atomic E-state index is 12.7. The highest BCUT2D eigenvalue weighted by Crippen LogP contribution is 2.17. The summed E-state index contributed by atoms with van der Waals surface area (Å²) in [5.74, 6) is -0.889. The number of unbranched alkanes of at least 4 members (excludes halogenated alkanes) is 40. The molecule has 6 nitrogen and oxygen atoms in total. The van der Waals surface area contributed by atoms with Crippen LogP contribution < -0.4 is 0 Å². The van der Waals surface area contributed by atoms with Gasteiger partial charge < -0.3 is 14.2 Å². The van der Waals surface area contributed by atoms with Gasteiger partial charge in [0.05, 0.1) is 0 Å². The molecule has 0 rings (SSSR count). The Morgan fingerprint density at radius 1 is 0.286 bits per heavy atom. The van der Waals surface area contributed by atoms with E-state index in [2.05, 4.69) is 57.2 Å². The van der Waals surface area contributed by atoms with Crippen LogP contribution in [0.3, 0.4) is 0 Å². The van der Waals surface area contributed by atoms with E-state index in [1.54, 1.807) is 0 Å². The maximum atomic E-state index is 12.7. The molecule has 0 heterocycles. The molecule has 410 valence electrons. The SMILES string of the molecule is CCCC/C=C\C/C=C\CCCCCCCC(=O)OC(COC(=O)CCCCCCC)COC(=O)CCCCCCCCCCCCCCCCCCCCCCC/C=C\CCCCCCCCCC. The Kier molecular flexibility index (Phi) is 57.2. The van der Waals surface area contributed by atoms with E-state index in [1.165, 1.54) is 205 Å². The monoisotopic (exact) mass is 983 g/mol. The summed E-state index contributed by atoms with van der Waals surface area (Å²) in [6.07, 6.45) is 72.2. The van der Waals surface area contributed by atoms with Crippen LogP contribution in [-0.2, 0) is 28.6 Å². The Labute approximate surface area is 435 Å². The molecule has 0 bridgehead atoms.